The number of hydrogen-bond acceptors (Lipinski definition) is 6. The van der Waals surface area contributed by atoms with E-state index in [1.165, 1.54) is 6.33 Å². The lowest BCUT2D eigenvalue weighted by Crippen LogP contribution is -2.30. The van der Waals surface area contributed by atoms with Gasteiger partial charge in [-0.2, -0.15) is 0 Å². The lowest BCUT2D eigenvalue weighted by molar-refractivity contribution is -0.122. The van der Waals surface area contributed by atoms with E-state index in [0.29, 0.717) is 5.75 Å². The minimum absolute atomic E-state index is 0.222. The van der Waals surface area contributed by atoms with Crippen LogP contribution < -0.4 is 10.1 Å². The first-order valence-electron chi connectivity index (χ1n) is 9.32. The Labute approximate surface area is 178 Å². The van der Waals surface area contributed by atoms with E-state index in [2.05, 4.69) is 20.8 Å². The fourth-order valence-electron chi connectivity index (χ4n) is 2.72. The first kappa shape index (κ1) is 19.7. The first-order valence-corrected chi connectivity index (χ1v) is 10.1. The Morgan fingerprint density at radius 2 is 1.73 bits per heavy atom. The van der Waals surface area contributed by atoms with Gasteiger partial charge in [0.1, 0.15) is 12.1 Å². The fourth-order valence-corrected chi connectivity index (χ4v) is 3.65. The molecule has 1 aromatic heterocycles. The Bertz CT molecular complexity index is 1100. The molecule has 1 heterocycles. The monoisotopic (exact) mass is 417 g/mol. The molecule has 7 nitrogen and oxygen atoms in total. The zero-order chi connectivity index (χ0) is 20.8. The van der Waals surface area contributed by atoms with Gasteiger partial charge in [0.25, 0.3) is 5.91 Å². The first-order chi connectivity index (χ1) is 14.7. The minimum atomic E-state index is -0.668. The number of para-hydroxylation sites is 1. The molecule has 4 rings (SSSR count). The average Bonchev–Trinajstić information content (AvgIpc) is 3.31. The predicted molar refractivity (Wildman–Crippen MR) is 115 cm³/mol. The number of ether oxygens (including phenoxy) is 1. The predicted octanol–water partition coefficient (Wildman–Crippen LogP) is 4.22. The van der Waals surface area contributed by atoms with Crippen LogP contribution in [-0.2, 0) is 4.79 Å². The van der Waals surface area contributed by atoms with Crippen molar-refractivity contribution in [3.8, 4) is 11.4 Å². The number of tetrazole rings is 1. The lowest BCUT2D eigenvalue weighted by Gasteiger charge is -2.16. The number of nitrogens with one attached hydrogen (secondary N) is 1. The Kier molecular flexibility index (Phi) is 6.05. The number of nitrogens with zero attached hydrogens (tertiary/aromatic N) is 4. The Morgan fingerprint density at radius 3 is 2.47 bits per heavy atom. The maximum atomic E-state index is 12.7. The van der Waals surface area contributed by atoms with Crippen molar-refractivity contribution in [3.63, 3.8) is 0 Å². The maximum absolute atomic E-state index is 12.7. The molecule has 0 saturated carbocycles. The standard InChI is InChI=1S/C22H19N5O2S/c1-16(29-18-13-11-17(12-14-18)27-15-23-25-26-27)22(28)24-20-9-5-6-10-21(20)30-19-7-3-2-4-8-19/h2-16H,1H3,(H,24,28)/t16-/m1/s1. The van der Waals surface area contributed by atoms with Crippen LogP contribution in [0.15, 0.2) is 95.0 Å². The van der Waals surface area contributed by atoms with E-state index in [0.717, 1.165) is 21.2 Å². The highest BCUT2D eigenvalue weighted by Gasteiger charge is 2.17. The Balaban J connectivity index is 1.40. The molecular formula is C22H19N5O2S. The number of aromatic nitrogens is 4. The SMILES string of the molecule is C[C@@H](Oc1ccc(-n2cnnn2)cc1)C(=O)Nc1ccccc1Sc1ccccc1. The molecule has 0 saturated heterocycles. The molecule has 0 fully saturated rings. The molecular weight excluding hydrogens is 398 g/mol. The van der Waals surface area contributed by atoms with E-state index in [1.54, 1.807) is 35.5 Å². The smallest absolute Gasteiger partial charge is 0.265 e. The van der Waals surface area contributed by atoms with Crippen LogP contribution in [0.3, 0.4) is 0 Å². The number of carbonyl (C=O) groups is 1. The van der Waals surface area contributed by atoms with Gasteiger partial charge in [-0.15, -0.1) is 5.10 Å². The van der Waals surface area contributed by atoms with E-state index < -0.39 is 6.10 Å². The van der Waals surface area contributed by atoms with Crippen LogP contribution in [0.1, 0.15) is 6.92 Å². The topological polar surface area (TPSA) is 81.9 Å². The highest BCUT2D eigenvalue weighted by Crippen LogP contribution is 2.33. The van der Waals surface area contributed by atoms with Crippen molar-refractivity contribution in [1.82, 2.24) is 20.2 Å². The second kappa shape index (κ2) is 9.23. The number of rotatable bonds is 7. The van der Waals surface area contributed by atoms with Crippen LogP contribution in [0, 0.1) is 0 Å². The molecule has 4 aromatic rings. The van der Waals surface area contributed by atoms with Gasteiger partial charge in [0.2, 0.25) is 0 Å². The molecule has 1 amide bonds. The van der Waals surface area contributed by atoms with Crippen molar-refractivity contribution < 1.29 is 9.53 Å². The number of anilines is 1. The van der Waals surface area contributed by atoms with Gasteiger partial charge in [-0.1, -0.05) is 42.1 Å². The van der Waals surface area contributed by atoms with Crippen LogP contribution in [-0.4, -0.2) is 32.2 Å². The van der Waals surface area contributed by atoms with E-state index in [4.69, 9.17) is 4.74 Å². The van der Waals surface area contributed by atoms with Gasteiger partial charge < -0.3 is 10.1 Å². The molecule has 0 aliphatic heterocycles. The van der Waals surface area contributed by atoms with Crippen molar-refractivity contribution in [2.45, 2.75) is 22.8 Å². The van der Waals surface area contributed by atoms with Crippen molar-refractivity contribution in [2.24, 2.45) is 0 Å². The molecule has 150 valence electrons. The number of benzene rings is 3. The van der Waals surface area contributed by atoms with Gasteiger partial charge in [-0.05, 0) is 65.9 Å². The molecule has 30 heavy (non-hydrogen) atoms. The molecule has 1 atom stereocenters. The molecule has 1 N–H and O–H groups in total. The summed E-state index contributed by atoms with van der Waals surface area (Å²) in [7, 11) is 0. The highest BCUT2D eigenvalue weighted by molar-refractivity contribution is 7.99. The van der Waals surface area contributed by atoms with Crippen LogP contribution >= 0.6 is 11.8 Å². The molecule has 0 aliphatic rings. The summed E-state index contributed by atoms with van der Waals surface area (Å²) in [5.41, 5.74) is 1.55. The largest absolute Gasteiger partial charge is 0.481 e. The third-order valence-corrected chi connectivity index (χ3v) is 5.33. The maximum Gasteiger partial charge on any atom is 0.265 e. The van der Waals surface area contributed by atoms with Crippen molar-refractivity contribution in [1.29, 1.82) is 0 Å². The Morgan fingerprint density at radius 1 is 1.00 bits per heavy atom. The number of hydrogen-bond donors (Lipinski definition) is 1. The second-order valence-corrected chi connectivity index (χ2v) is 7.52. The van der Waals surface area contributed by atoms with Gasteiger partial charge in [-0.3, -0.25) is 4.79 Å². The Hall–Kier alpha value is -3.65. The molecule has 0 spiro atoms. The van der Waals surface area contributed by atoms with E-state index in [1.807, 2.05) is 66.7 Å². The second-order valence-electron chi connectivity index (χ2n) is 6.41. The molecule has 0 bridgehead atoms. The van der Waals surface area contributed by atoms with Crippen molar-refractivity contribution >= 4 is 23.4 Å². The summed E-state index contributed by atoms with van der Waals surface area (Å²) in [5.74, 6) is 0.363. The summed E-state index contributed by atoms with van der Waals surface area (Å²) in [5, 5.41) is 14.0. The average molecular weight is 417 g/mol. The zero-order valence-electron chi connectivity index (χ0n) is 16.2. The van der Waals surface area contributed by atoms with Crippen LogP contribution in [0.5, 0.6) is 5.75 Å². The highest BCUT2D eigenvalue weighted by atomic mass is 32.2. The van der Waals surface area contributed by atoms with Crippen molar-refractivity contribution in [2.75, 3.05) is 5.32 Å². The molecule has 8 heteroatoms. The van der Waals surface area contributed by atoms with Crippen LogP contribution in [0.4, 0.5) is 5.69 Å². The summed E-state index contributed by atoms with van der Waals surface area (Å²) >= 11 is 1.60. The summed E-state index contributed by atoms with van der Waals surface area (Å²) in [4.78, 5) is 14.8. The van der Waals surface area contributed by atoms with Crippen LogP contribution in [0.2, 0.25) is 0 Å². The molecule has 0 aliphatic carbocycles. The third-order valence-electron chi connectivity index (χ3n) is 4.25. The van der Waals surface area contributed by atoms with Gasteiger partial charge in [0, 0.05) is 9.79 Å². The normalized spacial score (nSPS) is 11.6. The van der Waals surface area contributed by atoms with E-state index in [-0.39, 0.29) is 5.91 Å². The summed E-state index contributed by atoms with van der Waals surface area (Å²) < 4.78 is 7.34. The lowest BCUT2D eigenvalue weighted by atomic mass is 10.2. The van der Waals surface area contributed by atoms with E-state index in [9.17, 15) is 4.79 Å². The van der Waals surface area contributed by atoms with Gasteiger partial charge in [0.15, 0.2) is 6.10 Å². The minimum Gasteiger partial charge on any atom is -0.481 e. The van der Waals surface area contributed by atoms with Gasteiger partial charge in [-0.25, -0.2) is 4.68 Å². The van der Waals surface area contributed by atoms with Gasteiger partial charge in [0.05, 0.1) is 11.4 Å². The quantitative estimate of drug-likeness (QED) is 0.485. The van der Waals surface area contributed by atoms with E-state index >= 15 is 0 Å². The van der Waals surface area contributed by atoms with Crippen LogP contribution in [0.25, 0.3) is 5.69 Å². The third kappa shape index (κ3) is 4.84. The molecule has 0 unspecified atom stereocenters. The molecule has 3 aromatic carbocycles. The summed E-state index contributed by atoms with van der Waals surface area (Å²) in [6.07, 6.45) is 0.843. The summed E-state index contributed by atoms with van der Waals surface area (Å²) in [6.45, 7) is 1.72. The zero-order valence-corrected chi connectivity index (χ0v) is 17.0. The number of carbonyl (C=O) groups excluding carboxylic acids is 1. The summed E-state index contributed by atoms with van der Waals surface area (Å²) in [6, 6.07) is 24.9. The molecule has 0 radical (unpaired) electrons. The fraction of sp³-hybridized carbons (Fsp3) is 0.0909. The van der Waals surface area contributed by atoms with Crippen molar-refractivity contribution in [3.05, 3.63) is 85.2 Å². The number of amides is 1. The van der Waals surface area contributed by atoms with Gasteiger partial charge >= 0.3 is 0 Å².